The van der Waals surface area contributed by atoms with E-state index < -0.39 is 0 Å². The number of piperidine rings is 1. The lowest BCUT2D eigenvalue weighted by Gasteiger charge is -2.31. The Morgan fingerprint density at radius 1 is 1.20 bits per heavy atom. The van der Waals surface area contributed by atoms with E-state index in [1.165, 1.54) is 48.9 Å². The first kappa shape index (κ1) is 12.4. The van der Waals surface area contributed by atoms with Crippen molar-refractivity contribution in [1.29, 1.82) is 0 Å². The zero-order valence-electron chi connectivity index (χ0n) is 11.9. The van der Waals surface area contributed by atoms with E-state index in [0.29, 0.717) is 0 Å². The zero-order valence-corrected chi connectivity index (χ0v) is 11.9. The van der Waals surface area contributed by atoms with Crippen molar-refractivity contribution in [3.05, 3.63) is 36.0 Å². The quantitative estimate of drug-likeness (QED) is 0.893. The Balaban J connectivity index is 1.36. The van der Waals surface area contributed by atoms with E-state index in [0.717, 1.165) is 24.9 Å². The summed E-state index contributed by atoms with van der Waals surface area (Å²) in [5, 5.41) is 5.19. The Kier molecular flexibility index (Phi) is 3.25. The van der Waals surface area contributed by atoms with Crippen LogP contribution in [0.15, 0.2) is 30.5 Å². The van der Waals surface area contributed by atoms with Gasteiger partial charge in [-0.1, -0.05) is 18.2 Å². The molecule has 2 fully saturated rings. The van der Waals surface area contributed by atoms with Gasteiger partial charge in [0.05, 0.1) is 0 Å². The average Bonchev–Trinajstić information content (AvgIpc) is 3.06. The van der Waals surface area contributed by atoms with E-state index in [1.807, 2.05) is 0 Å². The van der Waals surface area contributed by atoms with Gasteiger partial charge in [0.25, 0.3) is 0 Å². The molecule has 1 aromatic carbocycles. The molecule has 2 N–H and O–H groups in total. The second-order valence-corrected chi connectivity index (χ2v) is 6.31. The molecule has 2 aromatic rings. The Bertz CT molecular complexity index is 589. The van der Waals surface area contributed by atoms with Crippen LogP contribution in [0, 0.1) is 5.92 Å². The molecular weight excluding hydrogens is 246 g/mol. The van der Waals surface area contributed by atoms with E-state index in [2.05, 4.69) is 45.7 Å². The molecule has 0 aliphatic carbocycles. The molecule has 0 spiro atoms. The lowest BCUT2D eigenvalue weighted by atomic mass is 9.94. The fourth-order valence-electron chi connectivity index (χ4n) is 3.95. The minimum atomic E-state index is 0.749. The molecule has 3 heterocycles. The van der Waals surface area contributed by atoms with Crippen LogP contribution in [0.1, 0.15) is 18.4 Å². The normalized spacial score (nSPS) is 29.1. The molecule has 106 valence electrons. The monoisotopic (exact) mass is 269 g/mol. The molecule has 2 saturated heterocycles. The Hall–Kier alpha value is -1.32. The van der Waals surface area contributed by atoms with Crippen molar-refractivity contribution in [2.24, 2.45) is 5.92 Å². The van der Waals surface area contributed by atoms with Crippen LogP contribution in [-0.4, -0.2) is 42.1 Å². The topological polar surface area (TPSA) is 31.1 Å². The van der Waals surface area contributed by atoms with Crippen molar-refractivity contribution in [2.75, 3.05) is 26.2 Å². The third-order valence-corrected chi connectivity index (χ3v) is 5.11. The second kappa shape index (κ2) is 5.23. The van der Waals surface area contributed by atoms with Crippen LogP contribution in [0.5, 0.6) is 0 Å². The van der Waals surface area contributed by atoms with Crippen LogP contribution < -0.4 is 5.32 Å². The summed E-state index contributed by atoms with van der Waals surface area (Å²) in [7, 11) is 0. The summed E-state index contributed by atoms with van der Waals surface area (Å²) in [6.45, 7) is 5.04. The van der Waals surface area contributed by atoms with Gasteiger partial charge in [0.1, 0.15) is 0 Å². The number of hydrogen-bond acceptors (Lipinski definition) is 2. The van der Waals surface area contributed by atoms with Crippen LogP contribution in [0.3, 0.4) is 0 Å². The fourth-order valence-corrected chi connectivity index (χ4v) is 3.95. The highest BCUT2D eigenvalue weighted by atomic mass is 15.2. The summed E-state index contributed by atoms with van der Waals surface area (Å²) in [6, 6.07) is 9.34. The molecular formula is C17H23N3. The van der Waals surface area contributed by atoms with Gasteiger partial charge in [0.15, 0.2) is 0 Å². The smallest absolute Gasteiger partial charge is 0.0456 e. The van der Waals surface area contributed by atoms with Gasteiger partial charge < -0.3 is 15.2 Å². The molecule has 2 aliphatic heterocycles. The Morgan fingerprint density at radius 2 is 2.10 bits per heavy atom. The van der Waals surface area contributed by atoms with Gasteiger partial charge in [-0.25, -0.2) is 0 Å². The molecule has 4 rings (SSSR count). The molecule has 0 radical (unpaired) electrons. The number of H-pyrrole nitrogens is 1. The second-order valence-electron chi connectivity index (χ2n) is 6.31. The van der Waals surface area contributed by atoms with Gasteiger partial charge in [0.2, 0.25) is 0 Å². The standard InChI is InChI=1S/C17H23N3/c1-2-4-17-15(3-1)13(11-19-17)5-8-18-16-7-10-20-9-6-14(16)12-20/h1-4,11,14,16,18-19H,5-10,12H2. The van der Waals surface area contributed by atoms with E-state index in [1.54, 1.807) is 0 Å². The molecule has 0 saturated carbocycles. The first-order valence-corrected chi connectivity index (χ1v) is 7.91. The number of fused-ring (bicyclic) bond motifs is 3. The van der Waals surface area contributed by atoms with Crippen LogP contribution >= 0.6 is 0 Å². The summed E-state index contributed by atoms with van der Waals surface area (Å²) < 4.78 is 0. The molecule has 1 aromatic heterocycles. The summed E-state index contributed by atoms with van der Waals surface area (Å²) in [4.78, 5) is 5.98. The van der Waals surface area contributed by atoms with Gasteiger partial charge in [-0.05, 0) is 56.4 Å². The maximum absolute atomic E-state index is 3.81. The Morgan fingerprint density at radius 3 is 3.10 bits per heavy atom. The zero-order chi connectivity index (χ0) is 13.4. The molecule has 2 bridgehead atoms. The fraction of sp³-hybridized carbons (Fsp3) is 0.529. The van der Waals surface area contributed by atoms with E-state index in [4.69, 9.17) is 0 Å². The minimum absolute atomic E-state index is 0.749. The molecule has 20 heavy (non-hydrogen) atoms. The minimum Gasteiger partial charge on any atom is -0.361 e. The number of benzene rings is 1. The van der Waals surface area contributed by atoms with Crippen LogP contribution in [0.25, 0.3) is 10.9 Å². The summed E-state index contributed by atoms with van der Waals surface area (Å²) in [5.74, 6) is 0.895. The van der Waals surface area contributed by atoms with Crippen LogP contribution in [0.4, 0.5) is 0 Å². The summed E-state index contributed by atoms with van der Waals surface area (Å²) >= 11 is 0. The number of aromatic nitrogens is 1. The van der Waals surface area contributed by atoms with Gasteiger partial charge in [0, 0.05) is 29.7 Å². The number of hydrogen-bond donors (Lipinski definition) is 2. The van der Waals surface area contributed by atoms with Crippen molar-refractivity contribution in [3.8, 4) is 0 Å². The predicted molar refractivity (Wildman–Crippen MR) is 83.0 cm³/mol. The van der Waals surface area contributed by atoms with Crippen LogP contribution in [-0.2, 0) is 6.42 Å². The first-order chi connectivity index (χ1) is 9.90. The third-order valence-electron chi connectivity index (χ3n) is 5.11. The average molecular weight is 269 g/mol. The van der Waals surface area contributed by atoms with Crippen molar-refractivity contribution < 1.29 is 0 Å². The van der Waals surface area contributed by atoms with E-state index >= 15 is 0 Å². The summed E-state index contributed by atoms with van der Waals surface area (Å²) in [6.07, 6.45) is 6.02. The molecule has 0 amide bonds. The number of rotatable bonds is 4. The third kappa shape index (κ3) is 2.25. The number of nitrogens with zero attached hydrogens (tertiary/aromatic N) is 1. The van der Waals surface area contributed by atoms with Crippen molar-refractivity contribution >= 4 is 10.9 Å². The molecule has 3 atom stereocenters. The van der Waals surface area contributed by atoms with Crippen LogP contribution in [0.2, 0.25) is 0 Å². The van der Waals surface area contributed by atoms with Crippen molar-refractivity contribution in [1.82, 2.24) is 15.2 Å². The maximum atomic E-state index is 3.81. The number of aromatic amines is 1. The van der Waals surface area contributed by atoms with Crippen molar-refractivity contribution in [2.45, 2.75) is 25.3 Å². The number of nitrogens with one attached hydrogen (secondary N) is 2. The van der Waals surface area contributed by atoms with Gasteiger partial charge in [-0.2, -0.15) is 0 Å². The highest BCUT2D eigenvalue weighted by molar-refractivity contribution is 5.83. The lowest BCUT2D eigenvalue weighted by molar-refractivity contribution is 0.222. The SMILES string of the molecule is c1ccc2c(CCNC3CCN4CCC3C4)c[nH]c2c1. The van der Waals surface area contributed by atoms with E-state index in [-0.39, 0.29) is 0 Å². The molecule has 3 unspecified atom stereocenters. The van der Waals surface area contributed by atoms with E-state index in [9.17, 15) is 0 Å². The maximum Gasteiger partial charge on any atom is 0.0456 e. The molecule has 2 aliphatic rings. The largest absolute Gasteiger partial charge is 0.361 e. The lowest BCUT2D eigenvalue weighted by Crippen LogP contribution is -2.44. The molecule has 3 nitrogen and oxygen atoms in total. The van der Waals surface area contributed by atoms with Crippen molar-refractivity contribution in [3.63, 3.8) is 0 Å². The van der Waals surface area contributed by atoms with Gasteiger partial charge in [-0.15, -0.1) is 0 Å². The van der Waals surface area contributed by atoms with Gasteiger partial charge in [-0.3, -0.25) is 0 Å². The predicted octanol–water partition coefficient (Wildman–Crippen LogP) is 2.39. The highest BCUT2D eigenvalue weighted by Gasteiger charge is 2.33. The Labute approximate surface area is 120 Å². The summed E-state index contributed by atoms with van der Waals surface area (Å²) in [5.41, 5.74) is 2.70. The van der Waals surface area contributed by atoms with Gasteiger partial charge >= 0.3 is 0 Å². The molecule has 3 heteroatoms. The number of para-hydroxylation sites is 1. The highest BCUT2D eigenvalue weighted by Crippen LogP contribution is 2.27. The first-order valence-electron chi connectivity index (χ1n) is 7.91.